The Kier molecular flexibility index (Phi) is 6.78. The number of benzene rings is 3. The van der Waals surface area contributed by atoms with Gasteiger partial charge in [-0.3, -0.25) is 0 Å². The summed E-state index contributed by atoms with van der Waals surface area (Å²) in [4.78, 5) is 0. The van der Waals surface area contributed by atoms with Crippen LogP contribution in [-0.4, -0.2) is 12.7 Å². The van der Waals surface area contributed by atoms with E-state index in [1.54, 1.807) is 6.07 Å². The van der Waals surface area contributed by atoms with E-state index in [0.717, 1.165) is 40.3 Å². The first-order valence-corrected chi connectivity index (χ1v) is 12.4. The fourth-order valence-corrected chi connectivity index (χ4v) is 5.33. The van der Waals surface area contributed by atoms with Gasteiger partial charge >= 0.3 is 0 Å². The molecular formula is C30H33FO2. The molecule has 1 aliphatic heterocycles. The van der Waals surface area contributed by atoms with Crippen molar-refractivity contribution < 1.29 is 13.9 Å². The summed E-state index contributed by atoms with van der Waals surface area (Å²) in [5, 5.41) is 0. The van der Waals surface area contributed by atoms with E-state index in [2.05, 4.69) is 31.2 Å². The highest BCUT2D eigenvalue weighted by Crippen LogP contribution is 2.39. The molecule has 3 heteroatoms. The highest BCUT2D eigenvalue weighted by Gasteiger charge is 2.24. The summed E-state index contributed by atoms with van der Waals surface area (Å²) in [5.74, 6) is 2.05. The van der Waals surface area contributed by atoms with Crippen molar-refractivity contribution in [1.29, 1.82) is 0 Å². The smallest absolute Gasteiger partial charge is 0.131 e. The maximum Gasteiger partial charge on any atom is 0.131 e. The summed E-state index contributed by atoms with van der Waals surface area (Å²) < 4.78 is 27.2. The van der Waals surface area contributed by atoms with Gasteiger partial charge < -0.3 is 9.47 Å². The largest absolute Gasteiger partial charge is 0.491 e. The Morgan fingerprint density at radius 2 is 1.76 bits per heavy atom. The molecule has 1 heterocycles. The Hall–Kier alpha value is -2.65. The summed E-state index contributed by atoms with van der Waals surface area (Å²) in [6.45, 7) is 3.38. The fourth-order valence-electron chi connectivity index (χ4n) is 5.33. The van der Waals surface area contributed by atoms with Gasteiger partial charge in [0, 0.05) is 12.0 Å². The molecule has 5 rings (SSSR count). The fraction of sp³-hybridized carbons (Fsp3) is 0.400. The van der Waals surface area contributed by atoms with Gasteiger partial charge in [0.15, 0.2) is 0 Å². The third-order valence-electron chi connectivity index (χ3n) is 7.47. The molecule has 1 aliphatic carbocycles. The first kappa shape index (κ1) is 22.2. The Bertz CT molecular complexity index is 1070. The van der Waals surface area contributed by atoms with Crippen molar-refractivity contribution in [2.75, 3.05) is 6.61 Å². The van der Waals surface area contributed by atoms with Gasteiger partial charge in [-0.15, -0.1) is 0 Å². The van der Waals surface area contributed by atoms with Crippen LogP contribution < -0.4 is 4.74 Å². The molecule has 0 bridgehead atoms. The minimum atomic E-state index is -0.134. The van der Waals surface area contributed by atoms with E-state index in [4.69, 9.17) is 9.47 Å². The molecule has 0 aromatic heterocycles. The van der Waals surface area contributed by atoms with Gasteiger partial charge in [-0.1, -0.05) is 67.9 Å². The van der Waals surface area contributed by atoms with Crippen molar-refractivity contribution >= 4 is 0 Å². The predicted octanol–water partition coefficient (Wildman–Crippen LogP) is 7.70. The lowest BCUT2D eigenvalue weighted by atomic mass is 9.77. The molecule has 33 heavy (non-hydrogen) atoms. The molecule has 3 aromatic carbocycles. The molecule has 2 nitrogen and oxygen atoms in total. The van der Waals surface area contributed by atoms with Crippen LogP contribution in [-0.2, 0) is 17.8 Å². The Morgan fingerprint density at radius 1 is 0.939 bits per heavy atom. The predicted molar refractivity (Wildman–Crippen MR) is 131 cm³/mol. The van der Waals surface area contributed by atoms with Crippen molar-refractivity contribution in [2.45, 2.75) is 64.1 Å². The normalized spacial score (nSPS) is 22.4. The first-order chi connectivity index (χ1) is 16.2. The zero-order valence-electron chi connectivity index (χ0n) is 19.4. The summed E-state index contributed by atoms with van der Waals surface area (Å²) in [6, 6.07) is 22.1. The van der Waals surface area contributed by atoms with Crippen LogP contribution in [0, 0.1) is 11.7 Å². The third-order valence-corrected chi connectivity index (χ3v) is 7.47. The molecule has 0 amide bonds. The lowest BCUT2D eigenvalue weighted by molar-refractivity contribution is 0.00105. The molecule has 1 unspecified atom stereocenters. The van der Waals surface area contributed by atoms with Crippen LogP contribution >= 0.6 is 0 Å². The van der Waals surface area contributed by atoms with Crippen molar-refractivity contribution in [3.8, 4) is 16.9 Å². The van der Waals surface area contributed by atoms with Crippen LogP contribution in [0.4, 0.5) is 4.39 Å². The zero-order valence-corrected chi connectivity index (χ0v) is 19.4. The lowest BCUT2D eigenvalue weighted by Crippen LogP contribution is -2.28. The molecule has 2 aliphatic rings. The van der Waals surface area contributed by atoms with Gasteiger partial charge in [0.1, 0.15) is 18.2 Å². The maximum atomic E-state index is 15.1. The Balaban J connectivity index is 1.25. The minimum absolute atomic E-state index is 0.0300. The number of hydrogen-bond donors (Lipinski definition) is 0. The second kappa shape index (κ2) is 10.1. The lowest BCUT2D eigenvalue weighted by Gasteiger charge is -2.28. The average molecular weight is 445 g/mol. The van der Waals surface area contributed by atoms with Crippen LogP contribution in [0.15, 0.2) is 66.7 Å². The summed E-state index contributed by atoms with van der Waals surface area (Å²) in [6.07, 6.45) is 6.99. The van der Waals surface area contributed by atoms with Crippen molar-refractivity contribution in [3.63, 3.8) is 0 Å². The van der Waals surface area contributed by atoms with E-state index in [9.17, 15) is 0 Å². The van der Waals surface area contributed by atoms with E-state index in [-0.39, 0.29) is 11.9 Å². The molecule has 0 N–H and O–H groups in total. The highest BCUT2D eigenvalue weighted by molar-refractivity contribution is 5.67. The number of halogens is 1. The van der Waals surface area contributed by atoms with Crippen molar-refractivity contribution in [1.82, 2.24) is 0 Å². The standard InChI is InChI=1S/C30H33FO2/c1-2-21-8-10-23(11-9-21)24-14-15-28(29(31)17-24)25-12-13-26-16-27(20-33-30(26)18-25)32-19-22-6-4-3-5-7-22/h3-7,12-15,17-18,21,23,27H,2,8-11,16,19-20H2,1H3. The summed E-state index contributed by atoms with van der Waals surface area (Å²) in [5.41, 5.74) is 4.95. The second-order valence-electron chi connectivity index (χ2n) is 9.62. The SMILES string of the molecule is CCC1CCC(c2ccc(-c3ccc4c(c3)OCC(OCc3ccccc3)C4)c(F)c2)CC1. The van der Waals surface area contributed by atoms with Gasteiger partial charge in [-0.2, -0.15) is 0 Å². The molecule has 1 atom stereocenters. The van der Waals surface area contributed by atoms with E-state index in [1.165, 1.54) is 32.1 Å². The third kappa shape index (κ3) is 5.14. The van der Waals surface area contributed by atoms with Gasteiger partial charge in [0.2, 0.25) is 0 Å². The summed E-state index contributed by atoms with van der Waals surface area (Å²) in [7, 11) is 0. The van der Waals surface area contributed by atoms with Gasteiger partial charge in [0.25, 0.3) is 0 Å². The first-order valence-electron chi connectivity index (χ1n) is 12.4. The average Bonchev–Trinajstić information content (AvgIpc) is 2.87. The summed E-state index contributed by atoms with van der Waals surface area (Å²) >= 11 is 0. The van der Waals surface area contributed by atoms with Crippen LogP contribution in [0.2, 0.25) is 0 Å². The van der Waals surface area contributed by atoms with Crippen molar-refractivity contribution in [3.05, 3.63) is 89.2 Å². The minimum Gasteiger partial charge on any atom is -0.491 e. The molecule has 0 saturated heterocycles. The zero-order chi connectivity index (χ0) is 22.6. The number of ether oxygens (including phenoxy) is 2. The van der Waals surface area contributed by atoms with E-state index < -0.39 is 0 Å². The quantitative estimate of drug-likeness (QED) is 0.388. The van der Waals surface area contributed by atoms with Crippen LogP contribution in [0.1, 0.15) is 61.6 Å². The van der Waals surface area contributed by atoms with E-state index >= 15 is 4.39 Å². The molecule has 1 fully saturated rings. The van der Waals surface area contributed by atoms with Crippen LogP contribution in [0.25, 0.3) is 11.1 Å². The van der Waals surface area contributed by atoms with Crippen molar-refractivity contribution in [2.24, 2.45) is 5.92 Å². The second-order valence-corrected chi connectivity index (χ2v) is 9.62. The monoisotopic (exact) mass is 444 g/mol. The van der Waals surface area contributed by atoms with E-state index in [0.29, 0.717) is 24.7 Å². The maximum absolute atomic E-state index is 15.1. The number of hydrogen-bond acceptors (Lipinski definition) is 2. The topological polar surface area (TPSA) is 18.5 Å². The molecule has 3 aromatic rings. The Morgan fingerprint density at radius 3 is 2.52 bits per heavy atom. The Labute approximate surface area is 196 Å². The molecule has 1 saturated carbocycles. The van der Waals surface area contributed by atoms with Crippen LogP contribution in [0.3, 0.4) is 0 Å². The molecular weight excluding hydrogens is 411 g/mol. The van der Waals surface area contributed by atoms with Gasteiger partial charge in [-0.25, -0.2) is 4.39 Å². The van der Waals surface area contributed by atoms with Gasteiger partial charge in [0.05, 0.1) is 12.7 Å². The van der Waals surface area contributed by atoms with Crippen LogP contribution in [0.5, 0.6) is 5.75 Å². The number of fused-ring (bicyclic) bond motifs is 1. The number of rotatable bonds is 6. The molecule has 172 valence electrons. The highest BCUT2D eigenvalue weighted by atomic mass is 19.1. The van der Waals surface area contributed by atoms with Gasteiger partial charge in [-0.05, 0) is 71.9 Å². The molecule has 0 radical (unpaired) electrons. The van der Waals surface area contributed by atoms with E-state index in [1.807, 2.05) is 36.4 Å². The molecule has 0 spiro atoms.